The fraction of sp³-hybridized carbons (Fsp3) is 0. The van der Waals surface area contributed by atoms with Crippen LogP contribution in [-0.2, 0) is 0 Å². The van der Waals surface area contributed by atoms with Gasteiger partial charge in [-0.15, -0.1) is 0 Å². The standard InChI is InChI=1S/C57H35N5O/c1-4-16-36(17-5-1)37-28-30-39(31-29-37)56-58-55(38-18-6-2-7-19-38)59-57(60-56)62-49-26-14-11-24-45(49)52-46(35-47-44-23-12-15-27-51(44)63-54(47)53(52)62)40-32-33-43-42-22-10-13-25-48(42)61(50(43)34-40)41-20-8-3-9-21-41/h1-35H. The summed E-state index contributed by atoms with van der Waals surface area (Å²) in [6.45, 7) is 0. The summed E-state index contributed by atoms with van der Waals surface area (Å²) in [5, 5.41) is 6.63. The van der Waals surface area contributed by atoms with Crippen molar-refractivity contribution in [3.63, 3.8) is 0 Å². The van der Waals surface area contributed by atoms with E-state index in [1.807, 2.05) is 48.5 Å². The fourth-order valence-electron chi connectivity index (χ4n) is 9.51. The molecule has 294 valence electrons. The molecule has 4 heterocycles. The van der Waals surface area contributed by atoms with E-state index < -0.39 is 0 Å². The molecule has 63 heavy (non-hydrogen) atoms. The summed E-state index contributed by atoms with van der Waals surface area (Å²) in [7, 11) is 0. The van der Waals surface area contributed by atoms with E-state index in [1.54, 1.807) is 0 Å². The van der Waals surface area contributed by atoms with Gasteiger partial charge in [-0.05, 0) is 64.7 Å². The second-order valence-electron chi connectivity index (χ2n) is 16.0. The summed E-state index contributed by atoms with van der Waals surface area (Å²) in [5.74, 6) is 1.68. The Hall–Kier alpha value is -8.61. The number of para-hydroxylation sites is 4. The molecule has 0 N–H and O–H groups in total. The van der Waals surface area contributed by atoms with E-state index in [0.29, 0.717) is 17.6 Å². The fourth-order valence-corrected chi connectivity index (χ4v) is 9.51. The molecule has 0 aliphatic heterocycles. The van der Waals surface area contributed by atoms with Crippen molar-refractivity contribution in [2.24, 2.45) is 0 Å². The first-order chi connectivity index (χ1) is 31.2. The van der Waals surface area contributed by atoms with Gasteiger partial charge in [-0.3, -0.25) is 4.57 Å². The second-order valence-corrected chi connectivity index (χ2v) is 16.0. The highest BCUT2D eigenvalue weighted by Crippen LogP contribution is 2.46. The highest BCUT2D eigenvalue weighted by Gasteiger charge is 2.26. The lowest BCUT2D eigenvalue weighted by atomic mass is 9.96. The minimum absolute atomic E-state index is 0.510. The number of furan rings is 1. The Morgan fingerprint density at radius 1 is 0.349 bits per heavy atom. The van der Waals surface area contributed by atoms with Gasteiger partial charge in [0.25, 0.3) is 0 Å². The van der Waals surface area contributed by atoms with Gasteiger partial charge >= 0.3 is 0 Å². The second kappa shape index (κ2) is 14.0. The van der Waals surface area contributed by atoms with Gasteiger partial charge in [-0.25, -0.2) is 4.98 Å². The van der Waals surface area contributed by atoms with E-state index in [1.165, 1.54) is 16.3 Å². The van der Waals surface area contributed by atoms with Crippen LogP contribution in [-0.4, -0.2) is 24.1 Å². The van der Waals surface area contributed by atoms with Crippen LogP contribution in [0.3, 0.4) is 0 Å². The van der Waals surface area contributed by atoms with Crippen molar-refractivity contribution in [1.29, 1.82) is 0 Å². The normalized spacial score (nSPS) is 11.8. The molecule has 9 aromatic carbocycles. The SMILES string of the molecule is c1ccc(-c2ccc(-c3nc(-c4ccccc4)nc(-n4c5ccccc5c5c(-c6ccc7c8ccccc8n(-c8ccccc8)c7c6)cc6c7ccccc7oc6c54)n3)cc2)cc1. The van der Waals surface area contributed by atoms with E-state index >= 15 is 0 Å². The maximum atomic E-state index is 6.92. The van der Waals surface area contributed by atoms with Crippen LogP contribution in [0.25, 0.3) is 122 Å². The van der Waals surface area contributed by atoms with Gasteiger partial charge in [0.2, 0.25) is 5.95 Å². The predicted molar refractivity (Wildman–Crippen MR) is 258 cm³/mol. The van der Waals surface area contributed by atoms with Crippen LogP contribution < -0.4 is 0 Å². The smallest absolute Gasteiger partial charge is 0.238 e. The summed E-state index contributed by atoms with van der Waals surface area (Å²) < 4.78 is 11.5. The molecule has 0 amide bonds. The van der Waals surface area contributed by atoms with Crippen molar-refractivity contribution in [2.75, 3.05) is 0 Å². The Morgan fingerprint density at radius 2 is 0.873 bits per heavy atom. The molecule has 0 bridgehead atoms. The molecule has 0 aliphatic rings. The van der Waals surface area contributed by atoms with Gasteiger partial charge in [0.15, 0.2) is 17.2 Å². The third-order valence-corrected chi connectivity index (χ3v) is 12.4. The monoisotopic (exact) mass is 805 g/mol. The van der Waals surface area contributed by atoms with Crippen LogP contribution in [0.2, 0.25) is 0 Å². The maximum Gasteiger partial charge on any atom is 0.238 e. The lowest BCUT2D eigenvalue weighted by Gasteiger charge is -2.12. The topological polar surface area (TPSA) is 61.7 Å². The lowest BCUT2D eigenvalue weighted by molar-refractivity contribution is 0.670. The highest BCUT2D eigenvalue weighted by molar-refractivity contribution is 6.26. The molecule has 0 saturated carbocycles. The molecule has 13 rings (SSSR count). The van der Waals surface area contributed by atoms with Gasteiger partial charge in [-0.1, -0.05) is 170 Å². The summed E-state index contributed by atoms with van der Waals surface area (Å²) in [6, 6.07) is 74.4. The van der Waals surface area contributed by atoms with Gasteiger partial charge in [0.05, 0.1) is 16.6 Å². The Bertz CT molecular complexity index is 3890. The summed E-state index contributed by atoms with van der Waals surface area (Å²) >= 11 is 0. The van der Waals surface area contributed by atoms with E-state index in [0.717, 1.165) is 88.3 Å². The zero-order valence-electron chi connectivity index (χ0n) is 33.9. The van der Waals surface area contributed by atoms with Crippen LogP contribution in [0.5, 0.6) is 0 Å². The zero-order chi connectivity index (χ0) is 41.4. The average molecular weight is 806 g/mol. The molecule has 0 unspecified atom stereocenters. The van der Waals surface area contributed by atoms with Crippen LogP contribution in [0.1, 0.15) is 0 Å². The van der Waals surface area contributed by atoms with E-state index in [4.69, 9.17) is 19.4 Å². The molecule has 0 saturated heterocycles. The van der Waals surface area contributed by atoms with Crippen LogP contribution in [0.15, 0.2) is 217 Å². The Morgan fingerprint density at radius 3 is 1.60 bits per heavy atom. The number of hydrogen-bond acceptors (Lipinski definition) is 4. The summed E-state index contributed by atoms with van der Waals surface area (Å²) in [4.78, 5) is 15.8. The largest absolute Gasteiger partial charge is 0.454 e. The average Bonchev–Trinajstić information content (AvgIpc) is 4.02. The highest BCUT2D eigenvalue weighted by atomic mass is 16.3. The lowest BCUT2D eigenvalue weighted by Crippen LogP contribution is -2.06. The van der Waals surface area contributed by atoms with Crippen molar-refractivity contribution < 1.29 is 4.42 Å². The minimum Gasteiger partial charge on any atom is -0.454 e. The third-order valence-electron chi connectivity index (χ3n) is 12.4. The van der Waals surface area contributed by atoms with Gasteiger partial charge in [0, 0.05) is 49.1 Å². The molecular formula is C57H35N5O. The van der Waals surface area contributed by atoms with E-state index in [9.17, 15) is 0 Å². The number of nitrogens with zero attached hydrogens (tertiary/aromatic N) is 5. The Balaban J connectivity index is 1.12. The van der Waals surface area contributed by atoms with Crippen molar-refractivity contribution in [3.05, 3.63) is 212 Å². The number of benzene rings is 9. The van der Waals surface area contributed by atoms with Crippen molar-refractivity contribution in [1.82, 2.24) is 24.1 Å². The van der Waals surface area contributed by atoms with Crippen molar-refractivity contribution >= 4 is 65.6 Å². The van der Waals surface area contributed by atoms with Gasteiger partial charge < -0.3 is 8.98 Å². The maximum absolute atomic E-state index is 6.92. The molecule has 0 aliphatic carbocycles. The van der Waals surface area contributed by atoms with Crippen molar-refractivity contribution in [2.45, 2.75) is 0 Å². The molecule has 13 aromatic rings. The minimum atomic E-state index is 0.510. The van der Waals surface area contributed by atoms with E-state index in [-0.39, 0.29) is 0 Å². The summed E-state index contributed by atoms with van der Waals surface area (Å²) in [6.07, 6.45) is 0. The first kappa shape index (κ1) is 35.2. The molecular weight excluding hydrogens is 771 g/mol. The number of aromatic nitrogens is 5. The van der Waals surface area contributed by atoms with Crippen LogP contribution in [0.4, 0.5) is 0 Å². The third kappa shape index (κ3) is 5.55. The quantitative estimate of drug-likeness (QED) is 0.168. The first-order valence-electron chi connectivity index (χ1n) is 21.2. The van der Waals surface area contributed by atoms with Crippen LogP contribution >= 0.6 is 0 Å². The van der Waals surface area contributed by atoms with E-state index in [2.05, 4.69) is 173 Å². The molecule has 0 atom stereocenters. The Labute approximate surface area is 361 Å². The summed E-state index contributed by atoms with van der Waals surface area (Å²) in [5.41, 5.74) is 13.2. The molecule has 4 aromatic heterocycles. The zero-order valence-corrected chi connectivity index (χ0v) is 33.9. The Kier molecular flexibility index (Phi) is 7.80. The predicted octanol–water partition coefficient (Wildman–Crippen LogP) is 14.6. The van der Waals surface area contributed by atoms with Gasteiger partial charge in [0.1, 0.15) is 11.1 Å². The molecule has 6 nitrogen and oxygen atoms in total. The molecule has 0 radical (unpaired) electrons. The number of hydrogen-bond donors (Lipinski definition) is 0. The first-order valence-corrected chi connectivity index (χ1v) is 21.2. The van der Waals surface area contributed by atoms with Gasteiger partial charge in [-0.2, -0.15) is 9.97 Å². The number of rotatable bonds is 6. The number of fused-ring (bicyclic) bond motifs is 10. The molecule has 6 heteroatoms. The molecule has 0 fully saturated rings. The molecule has 0 spiro atoms. The van der Waals surface area contributed by atoms with Crippen LogP contribution in [0, 0.1) is 0 Å². The van der Waals surface area contributed by atoms with Crippen molar-refractivity contribution in [3.8, 4) is 56.7 Å².